The van der Waals surface area contributed by atoms with E-state index in [0.717, 1.165) is 0 Å². The first-order chi connectivity index (χ1) is 14.5. The predicted octanol–water partition coefficient (Wildman–Crippen LogP) is 6.01. The Morgan fingerprint density at radius 3 is 2.33 bits per heavy atom. The summed E-state index contributed by atoms with van der Waals surface area (Å²) >= 11 is 12.5. The van der Waals surface area contributed by atoms with E-state index in [1.165, 1.54) is 4.68 Å². The maximum Gasteiger partial charge on any atom is 0.282 e. The fourth-order valence-corrected chi connectivity index (χ4v) is 3.25. The Balaban J connectivity index is 1.92. The van der Waals surface area contributed by atoms with Gasteiger partial charge in [0.15, 0.2) is 0 Å². The van der Waals surface area contributed by atoms with Gasteiger partial charge in [-0.2, -0.15) is 4.68 Å². The first-order valence-electron chi connectivity index (χ1n) is 9.03. The lowest BCUT2D eigenvalue weighted by Crippen LogP contribution is -2.22. The van der Waals surface area contributed by atoms with Gasteiger partial charge in [-0.25, -0.2) is 4.98 Å². The molecule has 0 aliphatic heterocycles. The minimum atomic E-state index is -0.310. The van der Waals surface area contributed by atoms with Gasteiger partial charge in [-0.15, -0.1) is 15.3 Å². The smallest absolute Gasteiger partial charge is 0.267 e. The van der Waals surface area contributed by atoms with E-state index >= 15 is 0 Å². The Labute approximate surface area is 182 Å². The van der Waals surface area contributed by atoms with Crippen molar-refractivity contribution in [1.82, 2.24) is 9.66 Å². The summed E-state index contributed by atoms with van der Waals surface area (Å²) in [6.45, 7) is 1.70. The molecule has 0 fully saturated rings. The number of hydrogen-bond acceptors (Lipinski definition) is 4. The molecule has 4 rings (SSSR count). The molecule has 0 bridgehead atoms. The van der Waals surface area contributed by atoms with Crippen molar-refractivity contribution in [3.05, 3.63) is 105 Å². The summed E-state index contributed by atoms with van der Waals surface area (Å²) in [5, 5.41) is 14.2. The second-order valence-electron chi connectivity index (χ2n) is 6.35. The highest BCUT2D eigenvalue weighted by Gasteiger charge is 2.12. The quantitative estimate of drug-likeness (QED) is 0.224. The average Bonchev–Trinajstić information content (AvgIpc) is 2.75. The lowest BCUT2D eigenvalue weighted by molar-refractivity contribution is 0.764. The third-order valence-electron chi connectivity index (χ3n) is 4.33. The van der Waals surface area contributed by atoms with Crippen LogP contribution in [0.15, 0.2) is 92.9 Å². The molecule has 0 aliphatic carbocycles. The highest BCUT2D eigenvalue weighted by Crippen LogP contribution is 2.25. The predicted molar refractivity (Wildman–Crippen MR) is 120 cm³/mol. The first kappa shape index (κ1) is 19.9. The number of fused-ring (bicyclic) bond motifs is 1. The number of aryl methyl sites for hydroxylation is 1. The van der Waals surface area contributed by atoms with Crippen LogP contribution in [0.25, 0.3) is 10.9 Å². The number of rotatable bonds is 3. The number of benzene rings is 3. The molecular weight excluding hydrogens is 421 g/mol. The van der Waals surface area contributed by atoms with E-state index in [0.29, 0.717) is 38.0 Å². The SMILES string of the molecule is Cc1nc2ccccc2c(=O)n1/N=C(\N=Nc1ccccc1Cl)c1ccccc1Cl. The van der Waals surface area contributed by atoms with Gasteiger partial charge in [0, 0.05) is 5.56 Å². The molecule has 4 aromatic rings. The van der Waals surface area contributed by atoms with E-state index in [1.54, 1.807) is 73.7 Å². The molecule has 0 atom stereocenters. The number of aromatic nitrogens is 2. The van der Waals surface area contributed by atoms with E-state index in [1.807, 2.05) is 6.07 Å². The Kier molecular flexibility index (Phi) is 5.70. The van der Waals surface area contributed by atoms with Crippen LogP contribution in [0.3, 0.4) is 0 Å². The van der Waals surface area contributed by atoms with Crippen molar-refractivity contribution in [3.63, 3.8) is 0 Å². The van der Waals surface area contributed by atoms with Crippen molar-refractivity contribution in [3.8, 4) is 0 Å². The van der Waals surface area contributed by atoms with Gasteiger partial charge in [0.2, 0.25) is 5.84 Å². The maximum absolute atomic E-state index is 13.0. The number of para-hydroxylation sites is 1. The number of halogens is 2. The maximum atomic E-state index is 13.0. The van der Waals surface area contributed by atoms with E-state index < -0.39 is 0 Å². The van der Waals surface area contributed by atoms with Gasteiger partial charge >= 0.3 is 0 Å². The van der Waals surface area contributed by atoms with Crippen molar-refractivity contribution in [1.29, 1.82) is 0 Å². The molecule has 30 heavy (non-hydrogen) atoms. The molecule has 0 spiro atoms. The van der Waals surface area contributed by atoms with Crippen LogP contribution in [0.5, 0.6) is 0 Å². The van der Waals surface area contributed by atoms with Gasteiger partial charge in [0.25, 0.3) is 5.56 Å². The van der Waals surface area contributed by atoms with Crippen LogP contribution < -0.4 is 5.56 Å². The normalized spacial score (nSPS) is 12.0. The zero-order valence-corrected chi connectivity index (χ0v) is 17.3. The van der Waals surface area contributed by atoms with Crippen molar-refractivity contribution in [2.75, 3.05) is 0 Å². The summed E-state index contributed by atoms with van der Waals surface area (Å²) in [5.41, 5.74) is 1.29. The molecule has 0 aliphatic rings. The molecule has 0 radical (unpaired) electrons. The minimum Gasteiger partial charge on any atom is -0.267 e. The van der Waals surface area contributed by atoms with E-state index in [-0.39, 0.29) is 11.4 Å². The Hall–Kier alpha value is -3.35. The lowest BCUT2D eigenvalue weighted by atomic mass is 10.2. The lowest BCUT2D eigenvalue weighted by Gasteiger charge is -2.08. The molecule has 0 saturated heterocycles. The second-order valence-corrected chi connectivity index (χ2v) is 7.16. The zero-order valence-electron chi connectivity index (χ0n) is 15.8. The van der Waals surface area contributed by atoms with Gasteiger partial charge in [-0.3, -0.25) is 4.79 Å². The first-order valence-corrected chi connectivity index (χ1v) is 9.79. The van der Waals surface area contributed by atoms with Crippen LogP contribution in [0, 0.1) is 6.92 Å². The summed E-state index contributed by atoms with van der Waals surface area (Å²) in [6, 6.07) is 21.2. The van der Waals surface area contributed by atoms with Crippen molar-refractivity contribution < 1.29 is 0 Å². The molecule has 8 heteroatoms. The van der Waals surface area contributed by atoms with Gasteiger partial charge in [0.05, 0.1) is 20.9 Å². The number of nitrogens with zero attached hydrogens (tertiary/aromatic N) is 5. The van der Waals surface area contributed by atoms with Crippen LogP contribution in [0.2, 0.25) is 10.0 Å². The van der Waals surface area contributed by atoms with Crippen molar-refractivity contribution in [2.24, 2.45) is 15.3 Å². The summed E-state index contributed by atoms with van der Waals surface area (Å²) in [5.74, 6) is 0.569. The van der Waals surface area contributed by atoms with E-state index in [9.17, 15) is 4.79 Å². The molecule has 148 valence electrons. The highest BCUT2D eigenvalue weighted by molar-refractivity contribution is 6.34. The fraction of sp³-hybridized carbons (Fsp3) is 0.0455. The van der Waals surface area contributed by atoms with Crippen LogP contribution in [-0.4, -0.2) is 15.5 Å². The minimum absolute atomic E-state index is 0.155. The number of amidine groups is 1. The largest absolute Gasteiger partial charge is 0.282 e. The molecular formula is C22H15Cl2N5O. The van der Waals surface area contributed by atoms with Gasteiger partial charge in [-0.05, 0) is 43.3 Å². The van der Waals surface area contributed by atoms with Crippen molar-refractivity contribution in [2.45, 2.75) is 6.92 Å². The second kappa shape index (κ2) is 8.57. The molecule has 1 aromatic heterocycles. The van der Waals surface area contributed by atoms with Crippen LogP contribution in [0.1, 0.15) is 11.4 Å². The van der Waals surface area contributed by atoms with E-state index in [4.69, 9.17) is 23.2 Å². The summed E-state index contributed by atoms with van der Waals surface area (Å²) in [4.78, 5) is 17.5. The number of hydrogen-bond donors (Lipinski definition) is 0. The van der Waals surface area contributed by atoms with Gasteiger partial charge in [-0.1, -0.05) is 59.6 Å². The Morgan fingerprint density at radius 2 is 1.57 bits per heavy atom. The summed E-state index contributed by atoms with van der Waals surface area (Å²) in [7, 11) is 0. The van der Waals surface area contributed by atoms with Gasteiger partial charge < -0.3 is 0 Å². The molecule has 0 amide bonds. The summed E-state index contributed by atoms with van der Waals surface area (Å²) in [6.07, 6.45) is 0. The Morgan fingerprint density at radius 1 is 0.900 bits per heavy atom. The average molecular weight is 436 g/mol. The zero-order chi connectivity index (χ0) is 21.1. The molecule has 1 heterocycles. The van der Waals surface area contributed by atoms with Crippen LogP contribution in [-0.2, 0) is 0 Å². The third kappa shape index (κ3) is 4.01. The fourth-order valence-electron chi connectivity index (χ4n) is 2.85. The summed E-state index contributed by atoms with van der Waals surface area (Å²) < 4.78 is 1.20. The standard InChI is InChI=1S/C22H15Cl2N5O/c1-14-25-19-12-6-3-9-16(19)22(30)29(14)28-21(15-8-2-4-10-17(15)23)27-26-20-13-7-5-11-18(20)24/h2-13H,1H3/b27-26?,28-21-. The van der Waals surface area contributed by atoms with Crippen molar-refractivity contribution >= 4 is 45.6 Å². The topological polar surface area (TPSA) is 72.0 Å². The number of azo groups is 1. The molecule has 0 saturated carbocycles. The Bertz CT molecular complexity index is 1360. The molecule has 3 aromatic carbocycles. The van der Waals surface area contributed by atoms with Crippen LogP contribution in [0.4, 0.5) is 5.69 Å². The van der Waals surface area contributed by atoms with Gasteiger partial charge in [0.1, 0.15) is 11.5 Å². The monoisotopic (exact) mass is 435 g/mol. The molecule has 0 N–H and O–H groups in total. The van der Waals surface area contributed by atoms with E-state index in [2.05, 4.69) is 20.3 Å². The van der Waals surface area contributed by atoms with Crippen LogP contribution >= 0.6 is 23.2 Å². The highest BCUT2D eigenvalue weighted by atomic mass is 35.5. The third-order valence-corrected chi connectivity index (χ3v) is 4.98. The molecule has 6 nitrogen and oxygen atoms in total. The molecule has 0 unspecified atom stereocenters.